The molecule has 1 heterocycles. The Morgan fingerprint density at radius 2 is 1.69 bits per heavy atom. The number of fused-ring (bicyclic) bond motifs is 1. The van der Waals surface area contributed by atoms with Crippen molar-refractivity contribution in [2.75, 3.05) is 34.5 Å². The molecule has 0 aliphatic rings. The zero-order valence-corrected chi connectivity index (χ0v) is 18.6. The lowest BCUT2D eigenvalue weighted by Gasteiger charge is -2.14. The van der Waals surface area contributed by atoms with Crippen LogP contribution in [0.1, 0.15) is 19.8 Å². The molecule has 3 rings (SSSR count). The minimum Gasteiger partial charge on any atom is -0.493 e. The number of hydrogen-bond acceptors (Lipinski definition) is 8. The first-order valence-corrected chi connectivity index (χ1v) is 10.2. The third-order valence-corrected chi connectivity index (χ3v) is 4.77. The molecule has 0 atom stereocenters. The summed E-state index contributed by atoms with van der Waals surface area (Å²) >= 11 is 0. The van der Waals surface area contributed by atoms with Crippen molar-refractivity contribution in [2.24, 2.45) is 0 Å². The number of hydrogen-bond donors (Lipinski definition) is 0. The van der Waals surface area contributed by atoms with E-state index in [9.17, 15) is 9.59 Å². The topological polar surface area (TPSA) is 93.4 Å². The first kappa shape index (κ1) is 23.0. The lowest BCUT2D eigenvalue weighted by molar-refractivity contribution is -0.146. The number of carbonyl (C=O) groups is 1. The molecule has 0 radical (unpaired) electrons. The summed E-state index contributed by atoms with van der Waals surface area (Å²) in [5.41, 5.74) is 0.707. The third kappa shape index (κ3) is 5.14. The molecule has 8 heteroatoms. The first-order chi connectivity index (χ1) is 15.5. The van der Waals surface area contributed by atoms with E-state index in [4.69, 9.17) is 28.1 Å². The van der Waals surface area contributed by atoms with E-state index in [2.05, 4.69) is 0 Å². The minimum absolute atomic E-state index is 0.232. The van der Waals surface area contributed by atoms with Crippen LogP contribution in [0.25, 0.3) is 22.3 Å². The molecule has 32 heavy (non-hydrogen) atoms. The van der Waals surface area contributed by atoms with Gasteiger partial charge in [0.1, 0.15) is 17.1 Å². The number of methoxy groups -OCH3 is 3. The highest BCUT2D eigenvalue weighted by molar-refractivity contribution is 5.81. The second-order valence-corrected chi connectivity index (χ2v) is 6.91. The predicted octanol–water partition coefficient (Wildman–Crippen LogP) is 4.21. The van der Waals surface area contributed by atoms with Crippen molar-refractivity contribution in [2.45, 2.75) is 19.8 Å². The molecule has 0 bridgehead atoms. The monoisotopic (exact) mass is 442 g/mol. The standard InChI is InChI=1S/C24H26O8/c1-5-6-9-30-23(26)14-31-16-7-8-19-17(12-16)18(25)13-20(32-19)15-10-21(27-2)24(29-4)22(11-15)28-3/h7-8,10-13H,5-6,9,14H2,1-4H3. The van der Waals surface area contributed by atoms with Crippen LogP contribution >= 0.6 is 0 Å². The highest BCUT2D eigenvalue weighted by Crippen LogP contribution is 2.41. The van der Waals surface area contributed by atoms with E-state index in [0.29, 0.717) is 51.9 Å². The Morgan fingerprint density at radius 3 is 2.31 bits per heavy atom. The number of benzene rings is 2. The maximum atomic E-state index is 12.8. The summed E-state index contributed by atoms with van der Waals surface area (Å²) in [6.07, 6.45) is 1.74. The SMILES string of the molecule is CCCCOC(=O)COc1ccc2oc(-c3cc(OC)c(OC)c(OC)c3)cc(=O)c2c1. The maximum Gasteiger partial charge on any atom is 0.344 e. The number of unbranched alkanes of at least 4 members (excludes halogenated alkanes) is 1. The zero-order valence-electron chi connectivity index (χ0n) is 18.6. The van der Waals surface area contributed by atoms with Crippen LogP contribution < -0.4 is 24.4 Å². The Bertz CT molecular complexity index is 1120. The van der Waals surface area contributed by atoms with Gasteiger partial charge in [-0.3, -0.25) is 4.79 Å². The van der Waals surface area contributed by atoms with Crippen molar-refractivity contribution in [1.82, 2.24) is 0 Å². The summed E-state index contributed by atoms with van der Waals surface area (Å²) in [6, 6.07) is 9.57. The van der Waals surface area contributed by atoms with E-state index in [1.165, 1.54) is 27.4 Å². The van der Waals surface area contributed by atoms with Gasteiger partial charge in [-0.15, -0.1) is 0 Å². The van der Waals surface area contributed by atoms with E-state index in [1.54, 1.807) is 30.3 Å². The fraction of sp³-hybridized carbons (Fsp3) is 0.333. The quantitative estimate of drug-likeness (QED) is 0.341. The Balaban J connectivity index is 1.87. The van der Waals surface area contributed by atoms with Crippen LogP contribution in [0.5, 0.6) is 23.0 Å². The van der Waals surface area contributed by atoms with Crippen molar-refractivity contribution in [3.8, 4) is 34.3 Å². The molecular formula is C24H26O8. The van der Waals surface area contributed by atoms with E-state index in [0.717, 1.165) is 12.8 Å². The first-order valence-electron chi connectivity index (χ1n) is 10.2. The highest BCUT2D eigenvalue weighted by atomic mass is 16.6. The van der Waals surface area contributed by atoms with Gasteiger partial charge >= 0.3 is 5.97 Å². The number of rotatable bonds is 10. The maximum absolute atomic E-state index is 12.8. The summed E-state index contributed by atoms with van der Waals surface area (Å²) in [6.45, 7) is 2.14. The van der Waals surface area contributed by atoms with Crippen molar-refractivity contribution in [3.63, 3.8) is 0 Å². The smallest absolute Gasteiger partial charge is 0.344 e. The van der Waals surface area contributed by atoms with Gasteiger partial charge in [0.25, 0.3) is 0 Å². The van der Waals surface area contributed by atoms with Crippen molar-refractivity contribution >= 4 is 16.9 Å². The lowest BCUT2D eigenvalue weighted by Crippen LogP contribution is -2.15. The van der Waals surface area contributed by atoms with Gasteiger partial charge in [0, 0.05) is 11.6 Å². The summed E-state index contributed by atoms with van der Waals surface area (Å²) < 4.78 is 32.5. The van der Waals surface area contributed by atoms with Crippen molar-refractivity contribution in [3.05, 3.63) is 46.6 Å². The van der Waals surface area contributed by atoms with Gasteiger partial charge in [0.2, 0.25) is 5.75 Å². The van der Waals surface area contributed by atoms with Crippen LogP contribution in [0.2, 0.25) is 0 Å². The van der Waals surface area contributed by atoms with E-state index < -0.39 is 5.97 Å². The van der Waals surface area contributed by atoms with Crippen LogP contribution in [-0.2, 0) is 9.53 Å². The zero-order chi connectivity index (χ0) is 23.1. The van der Waals surface area contributed by atoms with E-state index in [1.807, 2.05) is 6.92 Å². The molecule has 3 aromatic rings. The number of ether oxygens (including phenoxy) is 5. The molecule has 0 unspecified atom stereocenters. The highest BCUT2D eigenvalue weighted by Gasteiger charge is 2.17. The summed E-state index contributed by atoms with van der Waals surface area (Å²) in [4.78, 5) is 24.5. The van der Waals surface area contributed by atoms with Crippen LogP contribution in [0.4, 0.5) is 0 Å². The largest absolute Gasteiger partial charge is 0.493 e. The van der Waals surface area contributed by atoms with E-state index in [-0.39, 0.29) is 12.0 Å². The van der Waals surface area contributed by atoms with Gasteiger partial charge in [-0.05, 0) is 36.8 Å². The molecule has 170 valence electrons. The molecule has 0 aliphatic heterocycles. The predicted molar refractivity (Wildman–Crippen MR) is 119 cm³/mol. The molecule has 0 saturated carbocycles. The number of esters is 1. The molecular weight excluding hydrogens is 416 g/mol. The molecule has 0 fully saturated rings. The molecule has 0 amide bonds. The summed E-state index contributed by atoms with van der Waals surface area (Å²) in [5.74, 6) is 1.59. The van der Waals surface area contributed by atoms with Crippen LogP contribution in [0.15, 0.2) is 45.6 Å². The molecule has 0 spiro atoms. The molecule has 8 nitrogen and oxygen atoms in total. The molecule has 2 aromatic carbocycles. The third-order valence-electron chi connectivity index (χ3n) is 4.77. The van der Waals surface area contributed by atoms with Crippen molar-refractivity contribution in [1.29, 1.82) is 0 Å². The molecule has 0 aliphatic carbocycles. The summed E-state index contributed by atoms with van der Waals surface area (Å²) in [7, 11) is 4.54. The summed E-state index contributed by atoms with van der Waals surface area (Å²) in [5, 5.41) is 0.332. The van der Waals surface area contributed by atoms with Gasteiger partial charge in [-0.1, -0.05) is 13.3 Å². The van der Waals surface area contributed by atoms with Crippen LogP contribution in [0.3, 0.4) is 0 Å². The van der Waals surface area contributed by atoms with Gasteiger partial charge in [0.15, 0.2) is 23.5 Å². The minimum atomic E-state index is -0.455. The fourth-order valence-electron chi connectivity index (χ4n) is 3.11. The second-order valence-electron chi connectivity index (χ2n) is 6.91. The van der Waals surface area contributed by atoms with Crippen LogP contribution in [0, 0.1) is 0 Å². The Labute approximate surface area is 185 Å². The number of carbonyl (C=O) groups excluding carboxylic acids is 1. The Hall–Kier alpha value is -3.68. The lowest BCUT2D eigenvalue weighted by atomic mass is 10.1. The molecule has 1 aromatic heterocycles. The molecule has 0 saturated heterocycles. The van der Waals surface area contributed by atoms with Crippen molar-refractivity contribution < 1.29 is 32.9 Å². The van der Waals surface area contributed by atoms with E-state index >= 15 is 0 Å². The average molecular weight is 442 g/mol. The second kappa shape index (κ2) is 10.6. The van der Waals surface area contributed by atoms with Gasteiger partial charge in [-0.25, -0.2) is 4.79 Å². The Morgan fingerprint density at radius 1 is 0.969 bits per heavy atom. The van der Waals surface area contributed by atoms with Gasteiger partial charge in [0.05, 0.1) is 33.3 Å². The average Bonchev–Trinajstić information content (AvgIpc) is 2.81. The fourth-order valence-corrected chi connectivity index (χ4v) is 3.11. The van der Waals surface area contributed by atoms with Crippen LogP contribution in [-0.4, -0.2) is 40.5 Å². The normalized spacial score (nSPS) is 10.6. The Kier molecular flexibility index (Phi) is 7.59. The van der Waals surface area contributed by atoms with Gasteiger partial charge in [-0.2, -0.15) is 0 Å². The molecule has 0 N–H and O–H groups in total. The van der Waals surface area contributed by atoms with Gasteiger partial charge < -0.3 is 28.1 Å².